The van der Waals surface area contributed by atoms with Gasteiger partial charge in [0, 0.05) is 36.2 Å². The van der Waals surface area contributed by atoms with Gasteiger partial charge in [0.1, 0.15) is 5.41 Å². The maximum Gasteiger partial charge on any atom is 0.313 e. The molecule has 2 aromatic rings. The van der Waals surface area contributed by atoms with Crippen molar-refractivity contribution >= 4 is 16.9 Å². The fourth-order valence-electron chi connectivity index (χ4n) is 4.03. The fraction of sp³-hybridized carbons (Fsp3) is 0.526. The van der Waals surface area contributed by atoms with Crippen LogP contribution in [-0.2, 0) is 11.3 Å². The Bertz CT molecular complexity index is 739. The van der Waals surface area contributed by atoms with E-state index >= 15 is 0 Å². The molecule has 2 atom stereocenters. The summed E-state index contributed by atoms with van der Waals surface area (Å²) in [4.78, 5) is 17.5. The Hall–Kier alpha value is -1.85. The van der Waals surface area contributed by atoms with E-state index in [4.69, 9.17) is 0 Å². The third-order valence-electron chi connectivity index (χ3n) is 5.44. The first-order chi connectivity index (χ1) is 11.5. The normalized spacial score (nSPS) is 25.2. The molecule has 0 spiro atoms. The number of likely N-dealkylation sites (tertiary alicyclic amines) is 1. The number of nitrogens with one attached hydrogen (secondary N) is 1. The molecule has 2 heterocycles. The number of aromatic amines is 1. The number of hydrogen-bond acceptors (Lipinski definition) is 3. The van der Waals surface area contributed by atoms with Crippen molar-refractivity contribution in [3.05, 3.63) is 35.5 Å². The average Bonchev–Trinajstić information content (AvgIpc) is 2.87. The molecular formula is C19H26N2O3. The van der Waals surface area contributed by atoms with Crippen LogP contribution >= 0.6 is 0 Å². The van der Waals surface area contributed by atoms with E-state index in [1.807, 2.05) is 19.1 Å². The number of aromatic nitrogens is 1. The summed E-state index contributed by atoms with van der Waals surface area (Å²) in [6.45, 7) is 5.87. The molecule has 1 aliphatic rings. The topological polar surface area (TPSA) is 76.6 Å². The molecule has 1 aliphatic heterocycles. The molecule has 3 rings (SSSR count). The SMILES string of the molecule is CCC[C@@]1(C(=O)O)CN(Cc2[nH]c3ccccc3c2C)CC[C@@H]1O. The zero-order valence-electron chi connectivity index (χ0n) is 14.4. The summed E-state index contributed by atoms with van der Waals surface area (Å²) in [6, 6.07) is 8.20. The van der Waals surface area contributed by atoms with Gasteiger partial charge in [-0.2, -0.15) is 0 Å². The zero-order chi connectivity index (χ0) is 17.3. The van der Waals surface area contributed by atoms with Crippen LogP contribution in [0.2, 0.25) is 0 Å². The Morgan fingerprint density at radius 2 is 2.17 bits per heavy atom. The number of para-hydroxylation sites is 1. The molecule has 1 saturated heterocycles. The smallest absolute Gasteiger partial charge is 0.313 e. The minimum Gasteiger partial charge on any atom is -0.481 e. The molecular weight excluding hydrogens is 304 g/mol. The lowest BCUT2D eigenvalue weighted by atomic mass is 9.74. The molecule has 3 N–H and O–H groups in total. The number of aliphatic hydroxyl groups is 1. The van der Waals surface area contributed by atoms with Gasteiger partial charge in [-0.05, 0) is 31.4 Å². The molecule has 1 aromatic carbocycles. The van der Waals surface area contributed by atoms with Crippen LogP contribution in [0.15, 0.2) is 24.3 Å². The highest BCUT2D eigenvalue weighted by Gasteiger charge is 2.48. The Morgan fingerprint density at radius 1 is 1.42 bits per heavy atom. The van der Waals surface area contributed by atoms with E-state index in [9.17, 15) is 15.0 Å². The van der Waals surface area contributed by atoms with Gasteiger partial charge in [-0.25, -0.2) is 0 Å². The number of carboxylic acid groups (broad SMARTS) is 1. The highest BCUT2D eigenvalue weighted by Crippen LogP contribution is 2.36. The van der Waals surface area contributed by atoms with Gasteiger partial charge in [-0.15, -0.1) is 0 Å². The first-order valence-electron chi connectivity index (χ1n) is 8.68. The molecule has 24 heavy (non-hydrogen) atoms. The van der Waals surface area contributed by atoms with Crippen LogP contribution in [0.5, 0.6) is 0 Å². The van der Waals surface area contributed by atoms with Crippen molar-refractivity contribution in [3.8, 4) is 0 Å². The van der Waals surface area contributed by atoms with Crippen molar-refractivity contribution in [2.24, 2.45) is 5.41 Å². The van der Waals surface area contributed by atoms with Crippen molar-refractivity contribution in [1.82, 2.24) is 9.88 Å². The van der Waals surface area contributed by atoms with Gasteiger partial charge in [0.25, 0.3) is 0 Å². The number of aliphatic hydroxyl groups excluding tert-OH is 1. The fourth-order valence-corrected chi connectivity index (χ4v) is 4.03. The third-order valence-corrected chi connectivity index (χ3v) is 5.44. The Balaban J connectivity index is 1.84. The summed E-state index contributed by atoms with van der Waals surface area (Å²) in [5.41, 5.74) is 2.41. The van der Waals surface area contributed by atoms with Gasteiger partial charge < -0.3 is 15.2 Å². The molecule has 0 radical (unpaired) electrons. The number of benzene rings is 1. The average molecular weight is 330 g/mol. The number of H-pyrrole nitrogens is 1. The van der Waals surface area contributed by atoms with Crippen molar-refractivity contribution in [2.75, 3.05) is 13.1 Å². The van der Waals surface area contributed by atoms with E-state index < -0.39 is 17.5 Å². The summed E-state index contributed by atoms with van der Waals surface area (Å²) < 4.78 is 0. The van der Waals surface area contributed by atoms with E-state index in [1.54, 1.807) is 0 Å². The van der Waals surface area contributed by atoms with Gasteiger partial charge in [0.2, 0.25) is 0 Å². The second-order valence-electron chi connectivity index (χ2n) is 7.00. The van der Waals surface area contributed by atoms with Crippen LogP contribution < -0.4 is 0 Å². The maximum atomic E-state index is 11.9. The zero-order valence-corrected chi connectivity index (χ0v) is 14.4. The monoisotopic (exact) mass is 330 g/mol. The standard InChI is InChI=1S/C19H26N2O3/c1-3-9-19(18(23)24)12-21(10-8-17(19)22)11-16-13(2)14-6-4-5-7-15(14)20-16/h4-7,17,20,22H,3,8-12H2,1-2H3,(H,23,24)/t17-,19+/m0/s1. The lowest BCUT2D eigenvalue weighted by Gasteiger charge is -2.43. The maximum absolute atomic E-state index is 11.9. The quantitative estimate of drug-likeness (QED) is 0.788. The number of piperidine rings is 1. The second kappa shape index (κ2) is 6.57. The van der Waals surface area contributed by atoms with Gasteiger partial charge in [0.05, 0.1) is 6.10 Å². The Morgan fingerprint density at radius 3 is 2.83 bits per heavy atom. The van der Waals surface area contributed by atoms with E-state index in [1.165, 1.54) is 10.9 Å². The molecule has 5 heteroatoms. The van der Waals surface area contributed by atoms with Gasteiger partial charge >= 0.3 is 5.97 Å². The molecule has 1 fully saturated rings. The number of fused-ring (bicyclic) bond motifs is 1. The van der Waals surface area contributed by atoms with Crippen LogP contribution in [0.4, 0.5) is 0 Å². The van der Waals surface area contributed by atoms with Crippen molar-refractivity contribution in [3.63, 3.8) is 0 Å². The Labute approximate surface area is 142 Å². The summed E-state index contributed by atoms with van der Waals surface area (Å²) in [6.07, 6.45) is 0.995. The molecule has 5 nitrogen and oxygen atoms in total. The summed E-state index contributed by atoms with van der Waals surface area (Å²) in [5.74, 6) is -0.880. The van der Waals surface area contributed by atoms with Crippen LogP contribution in [0, 0.1) is 12.3 Å². The third kappa shape index (κ3) is 2.82. The summed E-state index contributed by atoms with van der Waals surface area (Å²) in [7, 11) is 0. The van der Waals surface area contributed by atoms with E-state index in [-0.39, 0.29) is 0 Å². The molecule has 0 aliphatic carbocycles. The lowest BCUT2D eigenvalue weighted by Crippen LogP contribution is -2.55. The van der Waals surface area contributed by atoms with E-state index in [0.29, 0.717) is 32.5 Å². The van der Waals surface area contributed by atoms with Gasteiger partial charge in [0.15, 0.2) is 0 Å². The lowest BCUT2D eigenvalue weighted by molar-refractivity contribution is -0.164. The predicted octanol–water partition coefficient (Wildman–Crippen LogP) is 2.91. The number of aryl methyl sites for hydroxylation is 1. The first kappa shape index (κ1) is 17.0. The van der Waals surface area contributed by atoms with Gasteiger partial charge in [-0.1, -0.05) is 31.5 Å². The molecule has 0 saturated carbocycles. The van der Waals surface area contributed by atoms with Crippen LogP contribution in [0.3, 0.4) is 0 Å². The Kier molecular flexibility index (Phi) is 4.65. The minimum absolute atomic E-state index is 0.395. The van der Waals surface area contributed by atoms with Crippen molar-refractivity contribution in [2.45, 2.75) is 45.8 Å². The molecule has 0 unspecified atom stereocenters. The predicted molar refractivity (Wildman–Crippen MR) is 93.9 cm³/mol. The molecule has 1 aromatic heterocycles. The molecule has 0 amide bonds. The second-order valence-corrected chi connectivity index (χ2v) is 7.00. The first-order valence-corrected chi connectivity index (χ1v) is 8.68. The number of carboxylic acids is 1. The van der Waals surface area contributed by atoms with E-state index in [0.717, 1.165) is 17.6 Å². The number of carbonyl (C=O) groups is 1. The van der Waals surface area contributed by atoms with Crippen LogP contribution in [0.25, 0.3) is 10.9 Å². The number of aliphatic carboxylic acids is 1. The number of rotatable bonds is 5. The molecule has 130 valence electrons. The highest BCUT2D eigenvalue weighted by molar-refractivity contribution is 5.84. The van der Waals surface area contributed by atoms with Crippen LogP contribution in [-0.4, -0.2) is 45.3 Å². The van der Waals surface area contributed by atoms with Crippen molar-refractivity contribution in [1.29, 1.82) is 0 Å². The summed E-state index contributed by atoms with van der Waals surface area (Å²) in [5, 5.41) is 21.3. The largest absolute Gasteiger partial charge is 0.481 e. The van der Waals surface area contributed by atoms with Crippen LogP contribution in [0.1, 0.15) is 37.4 Å². The molecule has 0 bridgehead atoms. The van der Waals surface area contributed by atoms with Gasteiger partial charge in [-0.3, -0.25) is 9.69 Å². The van der Waals surface area contributed by atoms with Crippen molar-refractivity contribution < 1.29 is 15.0 Å². The summed E-state index contributed by atoms with van der Waals surface area (Å²) >= 11 is 0. The van der Waals surface area contributed by atoms with E-state index in [2.05, 4.69) is 28.9 Å². The highest BCUT2D eigenvalue weighted by atomic mass is 16.4. The minimum atomic E-state index is -1.05. The number of hydrogen-bond donors (Lipinski definition) is 3. The number of nitrogens with zero attached hydrogens (tertiary/aromatic N) is 1.